The number of nitrogens with one attached hydrogen (secondary N) is 1. The number of rotatable bonds is 8. The standard InChI is InChI=1S/C20H25ClN2O4S/c1-14-7-5-10-19(15(14)2)27-12-11-22-20(24)16(3)23(28(4,25)26)18-9-6-8-17(21)13-18/h5-10,13,16H,11-12H2,1-4H3,(H,22,24). The second-order valence-electron chi connectivity index (χ2n) is 6.55. The van der Waals surface area contributed by atoms with Crippen LogP contribution in [0.25, 0.3) is 0 Å². The number of aryl methyl sites for hydroxylation is 1. The summed E-state index contributed by atoms with van der Waals surface area (Å²) in [5.41, 5.74) is 2.51. The molecule has 0 heterocycles. The maximum absolute atomic E-state index is 12.5. The lowest BCUT2D eigenvalue weighted by molar-refractivity contribution is -0.121. The monoisotopic (exact) mass is 424 g/mol. The van der Waals surface area contributed by atoms with Gasteiger partial charge < -0.3 is 10.1 Å². The Morgan fingerprint density at radius 3 is 2.54 bits per heavy atom. The molecule has 0 saturated carbocycles. The van der Waals surface area contributed by atoms with Crippen molar-refractivity contribution in [3.05, 3.63) is 58.6 Å². The third-order valence-electron chi connectivity index (χ3n) is 4.36. The second-order valence-corrected chi connectivity index (χ2v) is 8.85. The minimum absolute atomic E-state index is 0.254. The molecule has 1 amide bonds. The number of amides is 1. The van der Waals surface area contributed by atoms with Gasteiger partial charge in [-0.3, -0.25) is 9.10 Å². The highest BCUT2D eigenvalue weighted by molar-refractivity contribution is 7.92. The van der Waals surface area contributed by atoms with E-state index in [1.54, 1.807) is 18.2 Å². The molecular weight excluding hydrogens is 400 g/mol. The zero-order valence-corrected chi connectivity index (χ0v) is 18.0. The highest BCUT2D eigenvalue weighted by Crippen LogP contribution is 2.24. The largest absolute Gasteiger partial charge is 0.491 e. The highest BCUT2D eigenvalue weighted by atomic mass is 35.5. The van der Waals surface area contributed by atoms with Crippen molar-refractivity contribution in [2.75, 3.05) is 23.7 Å². The lowest BCUT2D eigenvalue weighted by Gasteiger charge is -2.28. The molecule has 0 aliphatic heterocycles. The summed E-state index contributed by atoms with van der Waals surface area (Å²) in [6.07, 6.45) is 1.06. The predicted molar refractivity (Wildman–Crippen MR) is 113 cm³/mol. The van der Waals surface area contributed by atoms with Gasteiger partial charge in [0.1, 0.15) is 18.4 Å². The third kappa shape index (κ3) is 5.62. The van der Waals surface area contributed by atoms with Gasteiger partial charge in [-0.2, -0.15) is 0 Å². The number of hydrogen-bond acceptors (Lipinski definition) is 4. The van der Waals surface area contributed by atoms with E-state index in [1.165, 1.54) is 13.0 Å². The molecule has 1 atom stereocenters. The first-order chi connectivity index (χ1) is 13.1. The molecule has 2 aromatic rings. The van der Waals surface area contributed by atoms with Gasteiger partial charge in [0.05, 0.1) is 18.5 Å². The zero-order chi connectivity index (χ0) is 20.9. The molecule has 6 nitrogen and oxygen atoms in total. The first kappa shape index (κ1) is 22.0. The number of carbonyl (C=O) groups is 1. The molecule has 0 aliphatic carbocycles. The molecule has 2 rings (SSSR count). The lowest BCUT2D eigenvalue weighted by atomic mass is 10.1. The molecule has 0 aromatic heterocycles. The van der Waals surface area contributed by atoms with E-state index in [1.807, 2.05) is 32.0 Å². The fourth-order valence-electron chi connectivity index (χ4n) is 2.79. The predicted octanol–water partition coefficient (Wildman–Crippen LogP) is 3.31. The average Bonchev–Trinajstić information content (AvgIpc) is 2.60. The van der Waals surface area contributed by atoms with Crippen molar-refractivity contribution in [3.63, 3.8) is 0 Å². The van der Waals surface area contributed by atoms with Crippen LogP contribution in [0, 0.1) is 13.8 Å². The third-order valence-corrected chi connectivity index (χ3v) is 5.84. The van der Waals surface area contributed by atoms with Crippen molar-refractivity contribution in [1.29, 1.82) is 0 Å². The molecule has 2 aromatic carbocycles. The SMILES string of the molecule is Cc1cccc(OCCNC(=O)C(C)N(c2cccc(Cl)c2)S(C)(=O)=O)c1C. The summed E-state index contributed by atoms with van der Waals surface area (Å²) >= 11 is 5.97. The fourth-order valence-corrected chi connectivity index (χ4v) is 4.14. The summed E-state index contributed by atoms with van der Waals surface area (Å²) in [4.78, 5) is 12.5. The highest BCUT2D eigenvalue weighted by Gasteiger charge is 2.29. The van der Waals surface area contributed by atoms with E-state index in [4.69, 9.17) is 16.3 Å². The van der Waals surface area contributed by atoms with E-state index in [2.05, 4.69) is 5.32 Å². The Labute approximate surface area is 171 Å². The van der Waals surface area contributed by atoms with Crippen LogP contribution >= 0.6 is 11.6 Å². The maximum Gasteiger partial charge on any atom is 0.243 e. The van der Waals surface area contributed by atoms with Crippen LogP contribution < -0.4 is 14.4 Å². The normalized spacial score (nSPS) is 12.3. The van der Waals surface area contributed by atoms with Gasteiger partial charge in [0.2, 0.25) is 15.9 Å². The molecule has 0 aliphatic rings. The summed E-state index contributed by atoms with van der Waals surface area (Å²) in [5, 5.41) is 3.11. The Balaban J connectivity index is 2.00. The number of ether oxygens (including phenoxy) is 1. The van der Waals surface area contributed by atoms with Gasteiger partial charge in [-0.25, -0.2) is 8.42 Å². The minimum Gasteiger partial charge on any atom is -0.491 e. The van der Waals surface area contributed by atoms with Gasteiger partial charge in [-0.15, -0.1) is 0 Å². The van der Waals surface area contributed by atoms with E-state index in [0.717, 1.165) is 27.4 Å². The smallest absolute Gasteiger partial charge is 0.243 e. The van der Waals surface area contributed by atoms with E-state index in [0.29, 0.717) is 10.7 Å². The van der Waals surface area contributed by atoms with Crippen molar-refractivity contribution < 1.29 is 17.9 Å². The molecule has 1 unspecified atom stereocenters. The Bertz CT molecular complexity index is 947. The Morgan fingerprint density at radius 2 is 1.89 bits per heavy atom. The fraction of sp³-hybridized carbons (Fsp3) is 0.350. The van der Waals surface area contributed by atoms with Gasteiger partial charge in [0.15, 0.2) is 0 Å². The van der Waals surface area contributed by atoms with Crippen molar-refractivity contribution in [2.24, 2.45) is 0 Å². The molecule has 152 valence electrons. The van der Waals surface area contributed by atoms with Crippen LogP contribution in [0.15, 0.2) is 42.5 Å². The molecule has 8 heteroatoms. The van der Waals surface area contributed by atoms with Crippen LogP contribution in [0.2, 0.25) is 5.02 Å². The molecule has 0 fully saturated rings. The Morgan fingerprint density at radius 1 is 1.21 bits per heavy atom. The van der Waals surface area contributed by atoms with Crippen molar-refractivity contribution in [1.82, 2.24) is 5.32 Å². The molecule has 0 radical (unpaired) electrons. The van der Waals surface area contributed by atoms with Gasteiger partial charge >= 0.3 is 0 Å². The lowest BCUT2D eigenvalue weighted by Crippen LogP contribution is -2.48. The van der Waals surface area contributed by atoms with Crippen LogP contribution in [-0.2, 0) is 14.8 Å². The van der Waals surface area contributed by atoms with Crippen molar-refractivity contribution in [2.45, 2.75) is 26.8 Å². The molecular formula is C20H25ClN2O4S. The van der Waals surface area contributed by atoms with E-state index < -0.39 is 22.0 Å². The average molecular weight is 425 g/mol. The van der Waals surface area contributed by atoms with Crippen molar-refractivity contribution >= 4 is 33.2 Å². The summed E-state index contributed by atoms with van der Waals surface area (Å²) < 4.78 is 31.3. The van der Waals surface area contributed by atoms with Gasteiger partial charge in [-0.05, 0) is 56.2 Å². The first-order valence-corrected chi connectivity index (χ1v) is 11.1. The number of nitrogens with zero attached hydrogens (tertiary/aromatic N) is 1. The van der Waals surface area contributed by atoms with Gasteiger partial charge in [0, 0.05) is 5.02 Å². The van der Waals surface area contributed by atoms with E-state index in [9.17, 15) is 13.2 Å². The zero-order valence-electron chi connectivity index (χ0n) is 16.4. The molecule has 0 saturated heterocycles. The number of halogens is 1. The van der Waals surface area contributed by atoms with Crippen LogP contribution in [0.5, 0.6) is 5.75 Å². The van der Waals surface area contributed by atoms with Crippen molar-refractivity contribution in [3.8, 4) is 5.75 Å². The number of hydrogen-bond donors (Lipinski definition) is 1. The summed E-state index contributed by atoms with van der Waals surface area (Å²) in [5.74, 6) is 0.342. The van der Waals surface area contributed by atoms with E-state index in [-0.39, 0.29) is 13.2 Å². The van der Waals surface area contributed by atoms with Gasteiger partial charge in [0.25, 0.3) is 0 Å². The summed E-state index contributed by atoms with van der Waals surface area (Å²) in [7, 11) is -3.68. The Kier molecular flexibility index (Phi) is 7.32. The molecule has 0 spiro atoms. The van der Waals surface area contributed by atoms with Crippen LogP contribution in [0.1, 0.15) is 18.1 Å². The number of anilines is 1. The second kappa shape index (κ2) is 9.30. The molecule has 1 N–H and O–H groups in total. The summed E-state index contributed by atoms with van der Waals surface area (Å²) in [6.45, 7) is 6.03. The Hall–Kier alpha value is -2.25. The number of carbonyl (C=O) groups excluding carboxylic acids is 1. The van der Waals surface area contributed by atoms with Gasteiger partial charge in [-0.1, -0.05) is 29.8 Å². The van der Waals surface area contributed by atoms with Crippen LogP contribution in [0.4, 0.5) is 5.69 Å². The topological polar surface area (TPSA) is 75.7 Å². The quantitative estimate of drug-likeness (QED) is 0.659. The minimum atomic E-state index is -3.68. The summed E-state index contributed by atoms with van der Waals surface area (Å²) in [6, 6.07) is 11.2. The van der Waals surface area contributed by atoms with E-state index >= 15 is 0 Å². The maximum atomic E-state index is 12.5. The number of sulfonamides is 1. The first-order valence-electron chi connectivity index (χ1n) is 8.83. The van der Waals surface area contributed by atoms with Crippen LogP contribution in [0.3, 0.4) is 0 Å². The molecule has 0 bridgehead atoms. The molecule has 28 heavy (non-hydrogen) atoms. The number of benzene rings is 2. The van der Waals surface area contributed by atoms with Crippen LogP contribution in [-0.4, -0.2) is 39.8 Å².